The van der Waals surface area contributed by atoms with Crippen LogP contribution in [-0.4, -0.2) is 20.7 Å². The monoisotopic (exact) mass is 409 g/mol. The Morgan fingerprint density at radius 2 is 1.92 bits per heavy atom. The number of anilines is 2. The van der Waals surface area contributed by atoms with Gasteiger partial charge in [-0.15, -0.1) is 0 Å². The van der Waals surface area contributed by atoms with E-state index in [1.165, 1.54) is 4.68 Å². The summed E-state index contributed by atoms with van der Waals surface area (Å²) in [4.78, 5) is 29.5. The molecule has 3 heterocycles. The zero-order valence-electron chi connectivity index (χ0n) is 13.6. The number of hydrogen-bond acceptors (Lipinski definition) is 5. The molecule has 2 N–H and O–H groups in total. The minimum atomic E-state index is -1.31. The number of fused-ring (bicyclic) bond motifs is 6. The van der Waals surface area contributed by atoms with E-state index in [1.807, 2.05) is 42.5 Å². The van der Waals surface area contributed by atoms with Crippen molar-refractivity contribution in [1.29, 1.82) is 0 Å². The van der Waals surface area contributed by atoms with Crippen LogP contribution in [0.4, 0.5) is 11.4 Å². The van der Waals surface area contributed by atoms with Gasteiger partial charge >= 0.3 is 0 Å². The van der Waals surface area contributed by atoms with Crippen molar-refractivity contribution in [1.82, 2.24) is 14.8 Å². The number of carbonyl (C=O) groups excluding carboxylic acids is 1. The smallest absolute Gasteiger partial charge is 0.294 e. The van der Waals surface area contributed by atoms with Crippen molar-refractivity contribution < 1.29 is 4.79 Å². The van der Waals surface area contributed by atoms with Gasteiger partial charge in [0.25, 0.3) is 11.5 Å². The van der Waals surface area contributed by atoms with Gasteiger partial charge in [-0.05, 0) is 37.3 Å². The fourth-order valence-electron chi connectivity index (χ4n) is 3.50. The van der Waals surface area contributed by atoms with Crippen molar-refractivity contribution in [3.63, 3.8) is 0 Å². The van der Waals surface area contributed by atoms with Crippen LogP contribution in [-0.2, 0) is 10.5 Å². The van der Waals surface area contributed by atoms with Crippen molar-refractivity contribution >= 4 is 33.2 Å². The third-order valence-electron chi connectivity index (χ3n) is 4.72. The van der Waals surface area contributed by atoms with E-state index in [0.717, 1.165) is 10.0 Å². The predicted molar refractivity (Wildman–Crippen MR) is 99.9 cm³/mol. The number of para-hydroxylation sites is 1. The number of carbonyl (C=O) groups is 1. The first-order chi connectivity index (χ1) is 12.5. The molecule has 128 valence electrons. The van der Waals surface area contributed by atoms with Crippen molar-refractivity contribution in [2.45, 2.75) is 12.6 Å². The second-order valence-corrected chi connectivity index (χ2v) is 7.18. The summed E-state index contributed by atoms with van der Waals surface area (Å²) in [5, 5.41) is 10.7. The summed E-state index contributed by atoms with van der Waals surface area (Å²) in [7, 11) is 0. The largest absolute Gasteiger partial charge is 0.349 e. The lowest BCUT2D eigenvalue weighted by Gasteiger charge is -2.37. The third kappa shape index (κ3) is 1.82. The molecule has 1 atom stereocenters. The molecule has 8 heteroatoms. The van der Waals surface area contributed by atoms with Crippen LogP contribution in [0, 0.1) is 6.92 Å². The molecule has 26 heavy (non-hydrogen) atoms. The van der Waals surface area contributed by atoms with E-state index in [2.05, 4.69) is 36.6 Å². The van der Waals surface area contributed by atoms with E-state index >= 15 is 0 Å². The van der Waals surface area contributed by atoms with Crippen LogP contribution in [0.25, 0.3) is 11.4 Å². The van der Waals surface area contributed by atoms with E-state index in [0.29, 0.717) is 22.8 Å². The summed E-state index contributed by atoms with van der Waals surface area (Å²) in [5.74, 6) is 0.0802. The number of benzene rings is 2. The molecule has 0 radical (unpaired) electrons. The van der Waals surface area contributed by atoms with Crippen LogP contribution in [0.3, 0.4) is 0 Å². The van der Waals surface area contributed by atoms with E-state index in [1.54, 1.807) is 6.92 Å². The minimum Gasteiger partial charge on any atom is -0.349 e. The Bertz CT molecular complexity index is 1170. The summed E-state index contributed by atoms with van der Waals surface area (Å²) < 4.78 is 2.35. The van der Waals surface area contributed by atoms with E-state index in [-0.39, 0.29) is 11.6 Å². The highest BCUT2D eigenvalue weighted by Crippen LogP contribution is 2.46. The molecular weight excluding hydrogens is 398 g/mol. The fourth-order valence-corrected chi connectivity index (χ4v) is 3.86. The van der Waals surface area contributed by atoms with Crippen LogP contribution in [0.1, 0.15) is 11.3 Å². The second kappa shape index (κ2) is 5.01. The Balaban J connectivity index is 1.92. The number of aromatic nitrogens is 3. The number of rotatable bonds is 0. The number of amides is 1. The van der Waals surface area contributed by atoms with E-state index in [4.69, 9.17) is 0 Å². The molecule has 0 unspecified atom stereocenters. The molecule has 2 aliphatic heterocycles. The van der Waals surface area contributed by atoms with Crippen molar-refractivity contribution in [2.24, 2.45) is 0 Å². The average molecular weight is 410 g/mol. The first-order valence-electron chi connectivity index (χ1n) is 7.98. The Morgan fingerprint density at radius 3 is 2.77 bits per heavy atom. The van der Waals surface area contributed by atoms with Gasteiger partial charge in [0, 0.05) is 27.0 Å². The van der Waals surface area contributed by atoms with Crippen LogP contribution >= 0.6 is 15.9 Å². The highest BCUT2D eigenvalue weighted by atomic mass is 79.9. The number of aryl methyl sites for hydroxylation is 1. The lowest BCUT2D eigenvalue weighted by Crippen LogP contribution is -2.53. The number of nitrogens with one attached hydrogen (secondary N) is 2. The van der Waals surface area contributed by atoms with Gasteiger partial charge in [-0.1, -0.05) is 28.1 Å². The molecule has 0 fully saturated rings. The molecular formula is C18H12BrN5O2. The standard InChI is InChI=1S/C18H12BrN5O2/c1-9-16(25)21-15-11-4-2-3-5-13(11)22-18(24(15)23-9)12-8-10(19)6-7-14(12)20-17(18)26/h2-8,22H,1H3,(H,20,26)/t18-/m0/s1. The van der Waals surface area contributed by atoms with Crippen LogP contribution in [0.15, 0.2) is 51.7 Å². The summed E-state index contributed by atoms with van der Waals surface area (Å²) in [6.07, 6.45) is 0. The highest BCUT2D eigenvalue weighted by Gasteiger charge is 2.53. The van der Waals surface area contributed by atoms with Crippen molar-refractivity contribution in [2.75, 3.05) is 10.6 Å². The summed E-state index contributed by atoms with van der Waals surface area (Å²) >= 11 is 3.47. The highest BCUT2D eigenvalue weighted by molar-refractivity contribution is 9.10. The first kappa shape index (κ1) is 15.3. The normalized spacial score (nSPS) is 19.4. The minimum absolute atomic E-state index is 0.227. The SMILES string of the molecule is Cc1nn2c(nc1=O)-c1ccccc1N[C@]21C(=O)Nc2ccc(Br)cc21. The van der Waals surface area contributed by atoms with Gasteiger partial charge in [0.1, 0.15) is 5.69 Å². The Morgan fingerprint density at radius 1 is 1.12 bits per heavy atom. The van der Waals surface area contributed by atoms with Crippen LogP contribution in [0.5, 0.6) is 0 Å². The van der Waals surface area contributed by atoms with E-state index in [9.17, 15) is 9.59 Å². The maximum atomic E-state index is 13.1. The Hall–Kier alpha value is -3.00. The maximum absolute atomic E-state index is 13.1. The third-order valence-corrected chi connectivity index (χ3v) is 5.21. The zero-order valence-corrected chi connectivity index (χ0v) is 15.2. The molecule has 1 aromatic heterocycles. The summed E-state index contributed by atoms with van der Waals surface area (Å²) in [5.41, 5.74) is 1.35. The summed E-state index contributed by atoms with van der Waals surface area (Å²) in [6, 6.07) is 13.0. The quantitative estimate of drug-likeness (QED) is 0.595. The lowest BCUT2D eigenvalue weighted by atomic mass is 9.96. The molecule has 0 saturated heterocycles. The molecule has 2 aromatic carbocycles. The molecule has 2 aliphatic rings. The van der Waals surface area contributed by atoms with Crippen molar-refractivity contribution in [3.8, 4) is 11.4 Å². The predicted octanol–water partition coefficient (Wildman–Crippen LogP) is 2.45. The molecule has 3 aromatic rings. The molecule has 1 spiro atoms. The molecule has 5 rings (SSSR count). The number of nitrogens with zero attached hydrogens (tertiary/aromatic N) is 3. The fraction of sp³-hybridized carbons (Fsp3) is 0.111. The van der Waals surface area contributed by atoms with Gasteiger partial charge < -0.3 is 10.6 Å². The van der Waals surface area contributed by atoms with Crippen LogP contribution in [0.2, 0.25) is 0 Å². The Kier molecular flexibility index (Phi) is 2.94. The number of hydrogen-bond donors (Lipinski definition) is 2. The zero-order chi connectivity index (χ0) is 18.1. The molecule has 7 nitrogen and oxygen atoms in total. The number of halogens is 1. The summed E-state index contributed by atoms with van der Waals surface area (Å²) in [6.45, 7) is 1.59. The van der Waals surface area contributed by atoms with Gasteiger partial charge in [0.15, 0.2) is 5.82 Å². The Labute approximate surface area is 156 Å². The van der Waals surface area contributed by atoms with Gasteiger partial charge in [0.05, 0.1) is 0 Å². The van der Waals surface area contributed by atoms with Gasteiger partial charge in [-0.3, -0.25) is 9.59 Å². The molecule has 0 bridgehead atoms. The lowest BCUT2D eigenvalue weighted by molar-refractivity contribution is -0.121. The molecule has 1 amide bonds. The van der Waals surface area contributed by atoms with Crippen LogP contribution < -0.4 is 16.2 Å². The topological polar surface area (TPSA) is 88.9 Å². The maximum Gasteiger partial charge on any atom is 0.294 e. The van der Waals surface area contributed by atoms with Gasteiger partial charge in [-0.2, -0.15) is 10.1 Å². The first-order valence-corrected chi connectivity index (χ1v) is 8.77. The molecule has 0 aliphatic carbocycles. The average Bonchev–Trinajstić information content (AvgIpc) is 2.89. The van der Waals surface area contributed by atoms with Crippen molar-refractivity contribution in [3.05, 3.63) is 68.5 Å². The molecule has 0 saturated carbocycles. The van der Waals surface area contributed by atoms with Gasteiger partial charge in [-0.25, -0.2) is 4.68 Å². The van der Waals surface area contributed by atoms with Gasteiger partial charge in [0.2, 0.25) is 5.66 Å². The van der Waals surface area contributed by atoms with E-state index < -0.39 is 11.2 Å². The second-order valence-electron chi connectivity index (χ2n) is 6.26.